The Balaban J connectivity index is 1.87. The number of hydrogen-bond donors (Lipinski definition) is 4. The van der Waals surface area contributed by atoms with E-state index in [9.17, 15) is 22.4 Å². The fourth-order valence-electron chi connectivity index (χ4n) is 3.56. The first-order chi connectivity index (χ1) is 17.9. The summed E-state index contributed by atoms with van der Waals surface area (Å²) in [4.78, 5) is 26.7. The van der Waals surface area contributed by atoms with Crippen molar-refractivity contribution in [3.8, 4) is 11.5 Å². The summed E-state index contributed by atoms with van der Waals surface area (Å²) in [5, 5.41) is 5.86. The molecule has 10 nitrogen and oxygen atoms in total. The number of amides is 1. The van der Waals surface area contributed by atoms with Crippen molar-refractivity contribution >= 4 is 67.5 Å². The predicted molar refractivity (Wildman–Crippen MR) is 152 cm³/mol. The van der Waals surface area contributed by atoms with E-state index in [1.54, 1.807) is 6.07 Å². The maximum absolute atomic E-state index is 14.7. The molecule has 202 valence electrons. The van der Waals surface area contributed by atoms with Crippen molar-refractivity contribution in [1.29, 1.82) is 0 Å². The van der Waals surface area contributed by atoms with Gasteiger partial charge in [-0.2, -0.15) is 8.42 Å². The smallest absolute Gasteiger partial charge is 0.298 e. The number of rotatable bonds is 9. The Labute approximate surface area is 237 Å². The van der Waals surface area contributed by atoms with Gasteiger partial charge in [-0.3, -0.25) is 18.9 Å². The summed E-state index contributed by atoms with van der Waals surface area (Å²) in [5.74, 6) is -1.20. The minimum atomic E-state index is -3.83. The average molecular weight is 676 g/mol. The van der Waals surface area contributed by atoms with Crippen molar-refractivity contribution in [3.05, 3.63) is 72.3 Å². The van der Waals surface area contributed by atoms with Gasteiger partial charge >= 0.3 is 0 Å². The van der Waals surface area contributed by atoms with Gasteiger partial charge in [0.05, 0.1) is 22.0 Å². The first-order valence-corrected chi connectivity index (χ1v) is 14.3. The molecular formula is C24H24ClFIN5O5S. The van der Waals surface area contributed by atoms with Gasteiger partial charge in [0, 0.05) is 29.8 Å². The third-order valence-electron chi connectivity index (χ3n) is 5.75. The summed E-state index contributed by atoms with van der Waals surface area (Å²) in [6, 6.07) is 8.62. The molecule has 4 rings (SSSR count). The molecule has 1 saturated carbocycles. The molecule has 1 aliphatic rings. The van der Waals surface area contributed by atoms with Gasteiger partial charge in [0.15, 0.2) is 5.75 Å². The van der Waals surface area contributed by atoms with Gasteiger partial charge in [-0.25, -0.2) is 9.11 Å². The molecule has 1 fully saturated rings. The second-order valence-electron chi connectivity index (χ2n) is 8.60. The van der Waals surface area contributed by atoms with E-state index < -0.39 is 27.5 Å². The van der Waals surface area contributed by atoms with Crippen LogP contribution in [0.25, 0.3) is 0 Å². The van der Waals surface area contributed by atoms with Crippen LogP contribution in [0, 0.1) is 16.3 Å². The first-order valence-electron chi connectivity index (χ1n) is 11.4. The SMILES string of the molecule is CNS(=O)(=O)Nc1ccc(Cl)c(Oc2c(C(=O)NC3CC3)c(Nc3ccc(I)cc3F)n(C)c(=O)c2C)c1. The zero-order chi connectivity index (χ0) is 27.8. The normalized spacial score (nSPS) is 13.2. The lowest BCUT2D eigenvalue weighted by atomic mass is 10.1. The van der Waals surface area contributed by atoms with Crippen molar-refractivity contribution < 1.29 is 22.3 Å². The number of pyridine rings is 1. The lowest BCUT2D eigenvalue weighted by Crippen LogP contribution is -2.31. The Morgan fingerprint density at radius 1 is 1.21 bits per heavy atom. The van der Waals surface area contributed by atoms with Crippen molar-refractivity contribution in [2.45, 2.75) is 25.8 Å². The maximum atomic E-state index is 14.7. The summed E-state index contributed by atoms with van der Waals surface area (Å²) in [5.41, 5.74) is -0.258. The zero-order valence-corrected chi connectivity index (χ0v) is 24.2. The fourth-order valence-corrected chi connectivity index (χ4v) is 4.71. The van der Waals surface area contributed by atoms with Gasteiger partial charge in [0.25, 0.3) is 21.7 Å². The average Bonchev–Trinajstić information content (AvgIpc) is 3.67. The third kappa shape index (κ3) is 6.22. The van der Waals surface area contributed by atoms with E-state index in [1.165, 1.54) is 55.9 Å². The number of anilines is 3. The van der Waals surface area contributed by atoms with Crippen LogP contribution in [0.4, 0.5) is 21.6 Å². The summed E-state index contributed by atoms with van der Waals surface area (Å²) in [6.07, 6.45) is 1.61. The highest BCUT2D eigenvalue weighted by Crippen LogP contribution is 2.38. The largest absolute Gasteiger partial charge is 0.454 e. The van der Waals surface area contributed by atoms with Gasteiger partial charge < -0.3 is 15.4 Å². The Hall–Kier alpha value is -2.88. The summed E-state index contributed by atoms with van der Waals surface area (Å²) < 4.78 is 51.0. The molecule has 38 heavy (non-hydrogen) atoms. The summed E-state index contributed by atoms with van der Waals surface area (Å²) in [6.45, 7) is 1.49. The molecule has 2 aromatic carbocycles. The highest BCUT2D eigenvalue weighted by molar-refractivity contribution is 14.1. The highest BCUT2D eigenvalue weighted by Gasteiger charge is 2.31. The molecule has 0 bridgehead atoms. The maximum Gasteiger partial charge on any atom is 0.298 e. The number of nitrogens with one attached hydrogen (secondary N) is 4. The molecule has 0 spiro atoms. The second-order valence-corrected chi connectivity index (χ2v) is 11.9. The van der Waals surface area contributed by atoms with Gasteiger partial charge in [-0.05, 0) is 72.7 Å². The number of hydrogen-bond acceptors (Lipinski definition) is 6. The third-order valence-corrected chi connectivity index (χ3v) is 7.78. The molecule has 14 heteroatoms. The van der Waals surface area contributed by atoms with Crippen LogP contribution in [0.2, 0.25) is 5.02 Å². The summed E-state index contributed by atoms with van der Waals surface area (Å²) in [7, 11) is -1.13. The molecule has 1 aliphatic carbocycles. The number of halogens is 3. The number of carbonyl (C=O) groups is 1. The van der Waals surface area contributed by atoms with Crippen LogP contribution in [0.15, 0.2) is 41.2 Å². The summed E-state index contributed by atoms with van der Waals surface area (Å²) >= 11 is 8.31. The number of benzene rings is 2. The van der Waals surface area contributed by atoms with Gasteiger partial charge in [0.2, 0.25) is 0 Å². The molecule has 1 aromatic heterocycles. The Morgan fingerprint density at radius 2 is 1.92 bits per heavy atom. The monoisotopic (exact) mass is 675 g/mol. The van der Waals surface area contributed by atoms with Gasteiger partial charge in [-0.1, -0.05) is 11.6 Å². The van der Waals surface area contributed by atoms with Crippen LogP contribution in [-0.4, -0.2) is 32.0 Å². The Bertz CT molecular complexity index is 1590. The number of aromatic nitrogens is 1. The fraction of sp³-hybridized carbons (Fsp3) is 0.250. The van der Waals surface area contributed by atoms with E-state index in [4.69, 9.17) is 16.3 Å². The Kier molecular flexibility index (Phi) is 8.20. The molecule has 0 atom stereocenters. The van der Waals surface area contributed by atoms with Gasteiger partial charge in [-0.15, -0.1) is 0 Å². The van der Waals surface area contributed by atoms with E-state index in [2.05, 4.69) is 20.1 Å². The standard InChI is InChI=1S/C24H24ClFIN5O5S/c1-12-21(37-19-11-15(7-8-16(19)25)31-38(35,36)28-2)20(23(33)29-14-5-6-14)22(32(3)24(12)34)30-18-9-4-13(27)10-17(18)26/h4,7-11,14,28,30-31H,5-6H2,1-3H3,(H,29,33). The second kappa shape index (κ2) is 11.1. The van der Waals surface area contributed by atoms with E-state index >= 15 is 0 Å². The molecule has 0 aliphatic heterocycles. The Morgan fingerprint density at radius 3 is 2.55 bits per heavy atom. The minimum Gasteiger partial charge on any atom is -0.454 e. The topological polar surface area (TPSA) is 131 Å². The number of ether oxygens (including phenoxy) is 1. The number of nitrogens with zero attached hydrogens (tertiary/aromatic N) is 1. The molecular weight excluding hydrogens is 652 g/mol. The molecule has 0 radical (unpaired) electrons. The van der Waals surface area contributed by atoms with Crippen LogP contribution >= 0.6 is 34.2 Å². The van der Waals surface area contributed by atoms with Crippen LogP contribution in [0.5, 0.6) is 11.5 Å². The number of carbonyl (C=O) groups excluding carboxylic acids is 1. The van der Waals surface area contributed by atoms with Crippen molar-refractivity contribution in [1.82, 2.24) is 14.6 Å². The molecule has 1 amide bonds. The lowest BCUT2D eigenvalue weighted by molar-refractivity contribution is 0.0948. The molecule has 1 heterocycles. The molecule has 0 unspecified atom stereocenters. The van der Waals surface area contributed by atoms with E-state index in [-0.39, 0.29) is 50.9 Å². The van der Waals surface area contributed by atoms with E-state index in [0.717, 1.165) is 12.8 Å². The van der Waals surface area contributed by atoms with Crippen molar-refractivity contribution in [2.75, 3.05) is 17.1 Å². The molecule has 4 N–H and O–H groups in total. The zero-order valence-electron chi connectivity index (χ0n) is 20.5. The first kappa shape index (κ1) is 28.1. The minimum absolute atomic E-state index is 0.00816. The van der Waals surface area contributed by atoms with Gasteiger partial charge in [0.1, 0.15) is 22.9 Å². The predicted octanol–water partition coefficient (Wildman–Crippen LogP) is 4.40. The van der Waals surface area contributed by atoms with Crippen LogP contribution in [0.1, 0.15) is 28.8 Å². The quantitative estimate of drug-likeness (QED) is 0.249. The van der Waals surface area contributed by atoms with Crippen molar-refractivity contribution in [3.63, 3.8) is 0 Å². The van der Waals surface area contributed by atoms with E-state index in [0.29, 0.717) is 3.57 Å². The molecule has 0 saturated heterocycles. The molecule has 3 aromatic rings. The lowest BCUT2D eigenvalue weighted by Gasteiger charge is -2.22. The van der Waals surface area contributed by atoms with Crippen LogP contribution < -0.4 is 30.4 Å². The van der Waals surface area contributed by atoms with E-state index in [1.807, 2.05) is 22.6 Å². The van der Waals surface area contributed by atoms with Crippen molar-refractivity contribution in [2.24, 2.45) is 7.05 Å². The van der Waals surface area contributed by atoms with Crippen LogP contribution in [-0.2, 0) is 17.3 Å². The van der Waals surface area contributed by atoms with Crippen LogP contribution in [0.3, 0.4) is 0 Å². The highest BCUT2D eigenvalue weighted by atomic mass is 127.